The maximum absolute atomic E-state index is 13.1. The number of methoxy groups -OCH3 is 4. The number of nitrogens with zero attached hydrogens (tertiary/aromatic N) is 2. The van der Waals surface area contributed by atoms with Gasteiger partial charge in [-0.3, -0.25) is 9.98 Å². The number of carbonyl (C=O) groups excluding carboxylic acids is 4. The van der Waals surface area contributed by atoms with Gasteiger partial charge in [-0.05, 0) is 146 Å². The fourth-order valence-corrected chi connectivity index (χ4v) is 15.2. The predicted octanol–water partition coefficient (Wildman–Crippen LogP) is 13.3. The first kappa shape index (κ1) is 51.6. The van der Waals surface area contributed by atoms with Crippen molar-refractivity contribution < 1.29 is 38.1 Å². The van der Waals surface area contributed by atoms with Crippen molar-refractivity contribution in [3.05, 3.63) is 187 Å². The van der Waals surface area contributed by atoms with Gasteiger partial charge in [-0.25, -0.2) is 19.2 Å². The van der Waals surface area contributed by atoms with Crippen molar-refractivity contribution in [3.63, 3.8) is 0 Å². The highest BCUT2D eigenvalue weighted by atomic mass is 16.5. The molecular formula is C68H68N4O8. The quantitative estimate of drug-likeness (QED) is 0.114. The largest absolute Gasteiger partial charge is 0.465 e. The fraction of sp³-hybridized carbons (Fsp3) is 0.382. The molecule has 4 fully saturated rings. The zero-order valence-electron chi connectivity index (χ0n) is 46.2. The van der Waals surface area contributed by atoms with Crippen molar-refractivity contribution in [1.82, 2.24) is 10.3 Å². The third kappa shape index (κ3) is 8.72. The Morgan fingerprint density at radius 3 is 0.975 bits per heavy atom. The molecule has 2 N–H and O–H groups in total. The SMILES string of the molecule is COC(=O)c1ccc(/C2=C3/N/C(=C(/c4ccc(C(=O)OC)cc4)C4=N/C(=C(/c5ccc(C(=O)OC)cc5)c5[nH]c(c6c5CCCC6)/C(c5ccc(C(=O)OC)cc5)=C5N=C2C2CCCCC\52)C2CCCCC42)C2CCCCC32)cc1. The first-order valence-electron chi connectivity index (χ1n) is 29.1. The van der Waals surface area contributed by atoms with Gasteiger partial charge in [-0.1, -0.05) is 87.1 Å². The van der Waals surface area contributed by atoms with Gasteiger partial charge >= 0.3 is 23.9 Å². The fourth-order valence-electron chi connectivity index (χ4n) is 15.2. The average molecular weight is 1070 g/mol. The van der Waals surface area contributed by atoms with Crippen LogP contribution in [-0.4, -0.2) is 68.7 Å². The summed E-state index contributed by atoms with van der Waals surface area (Å²) < 4.78 is 20.9. The van der Waals surface area contributed by atoms with E-state index in [1.165, 1.54) is 51.0 Å². The molecule has 12 nitrogen and oxygen atoms in total. The Bertz CT molecular complexity index is 3320. The second kappa shape index (κ2) is 21.3. The summed E-state index contributed by atoms with van der Waals surface area (Å²) in [6.07, 6.45) is 16.1. The predicted molar refractivity (Wildman–Crippen MR) is 309 cm³/mol. The van der Waals surface area contributed by atoms with Crippen molar-refractivity contribution in [1.29, 1.82) is 0 Å². The first-order chi connectivity index (χ1) is 39.2. The number of ether oxygens (including phenoxy) is 4. The van der Waals surface area contributed by atoms with Gasteiger partial charge in [-0.15, -0.1) is 0 Å². The van der Waals surface area contributed by atoms with Crippen LogP contribution in [0.15, 0.2) is 130 Å². The molecule has 4 aromatic carbocycles. The summed E-state index contributed by atoms with van der Waals surface area (Å²) in [7, 11) is 5.68. The van der Waals surface area contributed by atoms with Crippen molar-refractivity contribution in [2.45, 2.75) is 103 Å². The Kier molecular flexibility index (Phi) is 13.7. The van der Waals surface area contributed by atoms with Crippen molar-refractivity contribution in [2.75, 3.05) is 28.4 Å². The summed E-state index contributed by atoms with van der Waals surface area (Å²) >= 11 is 0. The molecule has 5 aromatic rings. The average Bonchev–Trinajstić information content (AvgIpc) is 4.42. The van der Waals surface area contributed by atoms with Gasteiger partial charge in [0.05, 0.1) is 84.9 Å². The Balaban J connectivity index is 1.19. The second-order valence-corrected chi connectivity index (χ2v) is 23.0. The molecule has 0 amide bonds. The molecule has 6 atom stereocenters. The van der Waals surface area contributed by atoms with Crippen LogP contribution in [0.5, 0.6) is 0 Å². The first-order valence-corrected chi connectivity index (χ1v) is 29.1. The molecule has 12 heteroatoms. The smallest absolute Gasteiger partial charge is 0.337 e. The minimum atomic E-state index is -0.387. The molecule has 4 heterocycles. The Morgan fingerprint density at radius 1 is 0.375 bits per heavy atom. The number of carbonyl (C=O) groups is 4. The molecule has 6 unspecified atom stereocenters. The van der Waals surface area contributed by atoms with Crippen LogP contribution in [0.1, 0.15) is 176 Å². The van der Waals surface area contributed by atoms with Crippen LogP contribution in [-0.2, 0) is 31.8 Å². The number of nitrogens with one attached hydrogen (secondary N) is 2. The molecule has 8 bridgehead atoms. The number of hydrogen-bond acceptors (Lipinski definition) is 11. The molecule has 0 spiro atoms. The van der Waals surface area contributed by atoms with E-state index in [0.717, 1.165) is 181 Å². The maximum atomic E-state index is 13.1. The molecule has 408 valence electrons. The molecule has 3 saturated carbocycles. The van der Waals surface area contributed by atoms with Crippen LogP contribution < -0.4 is 5.32 Å². The second-order valence-electron chi connectivity index (χ2n) is 23.0. The molecular weight excluding hydrogens is 1000 g/mol. The van der Waals surface area contributed by atoms with Gasteiger partial charge in [0.2, 0.25) is 0 Å². The van der Waals surface area contributed by atoms with Crippen molar-refractivity contribution in [3.8, 4) is 0 Å². The van der Waals surface area contributed by atoms with E-state index in [1.54, 1.807) is 0 Å². The highest BCUT2D eigenvalue weighted by Gasteiger charge is 2.49. The zero-order chi connectivity index (χ0) is 54.8. The van der Waals surface area contributed by atoms with E-state index >= 15 is 0 Å². The summed E-state index contributed by atoms with van der Waals surface area (Å²) in [5.41, 5.74) is 21.5. The van der Waals surface area contributed by atoms with E-state index in [0.29, 0.717) is 22.3 Å². The molecule has 0 radical (unpaired) electrons. The van der Waals surface area contributed by atoms with Gasteiger partial charge in [-0.2, -0.15) is 0 Å². The van der Waals surface area contributed by atoms with Crippen LogP contribution in [0, 0.1) is 35.5 Å². The van der Waals surface area contributed by atoms with E-state index in [1.807, 2.05) is 48.5 Å². The number of aromatic amines is 1. The van der Waals surface area contributed by atoms with E-state index in [-0.39, 0.29) is 59.4 Å². The number of hydrogen-bond donors (Lipinski definition) is 2. The molecule has 3 aliphatic heterocycles. The third-order valence-electron chi connectivity index (χ3n) is 19.0. The summed E-state index contributed by atoms with van der Waals surface area (Å²) in [5.74, 6) is -0.877. The van der Waals surface area contributed by atoms with Crippen molar-refractivity contribution in [2.24, 2.45) is 45.5 Å². The summed E-state index contributed by atoms with van der Waals surface area (Å²) in [6.45, 7) is 0. The van der Waals surface area contributed by atoms with E-state index in [2.05, 4.69) is 58.8 Å². The van der Waals surface area contributed by atoms with Gasteiger partial charge in [0.1, 0.15) is 0 Å². The van der Waals surface area contributed by atoms with Gasteiger partial charge in [0.15, 0.2) is 0 Å². The number of esters is 4. The van der Waals surface area contributed by atoms with Gasteiger partial charge in [0, 0.05) is 69.2 Å². The van der Waals surface area contributed by atoms with Crippen LogP contribution in [0.3, 0.4) is 0 Å². The summed E-state index contributed by atoms with van der Waals surface area (Å²) in [6, 6.07) is 31.8. The van der Waals surface area contributed by atoms with Crippen molar-refractivity contribution >= 4 is 57.6 Å². The molecule has 1 aromatic heterocycles. The lowest BCUT2D eigenvalue weighted by Crippen LogP contribution is -2.26. The van der Waals surface area contributed by atoms with E-state index in [4.69, 9.17) is 28.9 Å². The normalized spacial score (nSPS) is 27.6. The lowest BCUT2D eigenvalue weighted by atomic mass is 9.71. The highest BCUT2D eigenvalue weighted by Crippen LogP contribution is 2.56. The summed E-state index contributed by atoms with van der Waals surface area (Å²) in [4.78, 5) is 68.9. The number of benzene rings is 4. The molecule has 5 aliphatic carbocycles. The number of allylic oxidation sites excluding steroid dienone is 6. The van der Waals surface area contributed by atoms with Crippen LogP contribution in [0.4, 0.5) is 0 Å². The van der Waals surface area contributed by atoms with E-state index < -0.39 is 0 Å². The number of H-pyrrole nitrogens is 1. The Labute approximate surface area is 467 Å². The minimum Gasteiger partial charge on any atom is -0.465 e. The van der Waals surface area contributed by atoms with Crippen LogP contribution in [0.25, 0.3) is 22.3 Å². The summed E-state index contributed by atoms with van der Waals surface area (Å²) in [5, 5.41) is 4.33. The lowest BCUT2D eigenvalue weighted by molar-refractivity contribution is 0.0592. The topological polar surface area (TPSA) is 158 Å². The van der Waals surface area contributed by atoms with Crippen LogP contribution >= 0.6 is 0 Å². The molecule has 8 aliphatic rings. The van der Waals surface area contributed by atoms with Crippen LogP contribution in [0.2, 0.25) is 0 Å². The number of aromatic nitrogens is 1. The minimum absolute atomic E-state index is 0.0939. The standard InChI is InChI=1S/C68H68N4O8/c1-77-65(73)41-29-21-37(22-30-41)53-57-45-13-5-7-15-47(45)59(69-57)54(38-23-31-42(32-24-38)66(74)78-2)61-49-17-9-11-19-51(49)63(71-61)56(40-27-35-44(36-28-40)68(76)80-4)64-52-20-12-10-18-50(52)62(72-64)55(39-25-33-43(34-26-39)67(75)79-3)60-48-16-8-6-14-46(48)58(53)70-60/h21-36,45-49,51,69,72H,5-20H2,1-4H3/b57-53-,59-54-,60-55-,63-56-. The van der Waals surface area contributed by atoms with Gasteiger partial charge < -0.3 is 29.2 Å². The Hall–Kier alpha value is -7.86. The highest BCUT2D eigenvalue weighted by molar-refractivity contribution is 6.29. The molecule has 13 rings (SSSR count). The van der Waals surface area contributed by atoms with E-state index in [9.17, 15) is 19.2 Å². The monoisotopic (exact) mass is 1070 g/mol. The lowest BCUT2D eigenvalue weighted by Gasteiger charge is -2.30. The number of aliphatic imine (C=N–C) groups is 2. The van der Waals surface area contributed by atoms with Gasteiger partial charge in [0.25, 0.3) is 0 Å². The Morgan fingerprint density at radius 2 is 0.662 bits per heavy atom. The zero-order valence-corrected chi connectivity index (χ0v) is 46.2. The molecule has 80 heavy (non-hydrogen) atoms. The molecule has 1 saturated heterocycles. The maximum Gasteiger partial charge on any atom is 0.337 e. The number of rotatable bonds is 8. The third-order valence-corrected chi connectivity index (χ3v) is 19.0.